The van der Waals surface area contributed by atoms with Crippen molar-refractivity contribution in [1.29, 1.82) is 0 Å². The quantitative estimate of drug-likeness (QED) is 0.873. The van der Waals surface area contributed by atoms with Crippen LogP contribution in [0.5, 0.6) is 11.5 Å². The molecule has 5 heteroatoms. The van der Waals surface area contributed by atoms with E-state index in [1.807, 2.05) is 12.1 Å². The number of methoxy groups -OCH3 is 2. The first-order valence-corrected chi connectivity index (χ1v) is 7.20. The van der Waals surface area contributed by atoms with Crippen LogP contribution in [0.4, 0.5) is 0 Å². The molecule has 0 saturated carbocycles. The van der Waals surface area contributed by atoms with Crippen LogP contribution < -0.4 is 14.8 Å². The van der Waals surface area contributed by atoms with Gasteiger partial charge in [-0.1, -0.05) is 13.8 Å². The number of aliphatic carboxylic acids is 1. The van der Waals surface area contributed by atoms with Gasteiger partial charge in [0.2, 0.25) is 0 Å². The first-order valence-electron chi connectivity index (χ1n) is 7.20. The molecule has 21 heavy (non-hydrogen) atoms. The summed E-state index contributed by atoms with van der Waals surface area (Å²) in [5.41, 5.74) is 2.11. The molecule has 0 bridgehead atoms. The molecule has 1 aliphatic rings. The number of hydrogen-bond donors (Lipinski definition) is 2. The molecule has 2 N–H and O–H groups in total. The number of hydrogen-bond acceptors (Lipinski definition) is 4. The fourth-order valence-corrected chi connectivity index (χ4v) is 3.05. The average molecular weight is 293 g/mol. The van der Waals surface area contributed by atoms with Crippen molar-refractivity contribution < 1.29 is 19.4 Å². The molecule has 116 valence electrons. The Kier molecular flexibility index (Phi) is 4.73. The molecule has 2 atom stereocenters. The fourth-order valence-electron chi connectivity index (χ4n) is 3.05. The van der Waals surface area contributed by atoms with Gasteiger partial charge in [-0.3, -0.25) is 4.79 Å². The lowest BCUT2D eigenvalue weighted by Gasteiger charge is -2.23. The molecule has 1 heterocycles. The van der Waals surface area contributed by atoms with Crippen molar-refractivity contribution in [2.75, 3.05) is 20.8 Å². The minimum absolute atomic E-state index is 0.0199. The number of carboxylic acids is 1. The lowest BCUT2D eigenvalue weighted by atomic mass is 9.89. The molecular weight excluding hydrogens is 270 g/mol. The summed E-state index contributed by atoms with van der Waals surface area (Å²) in [7, 11) is 3.29. The molecular formula is C16H23NO4. The summed E-state index contributed by atoms with van der Waals surface area (Å²) in [5, 5.41) is 12.5. The molecule has 0 radical (unpaired) electrons. The van der Waals surface area contributed by atoms with Crippen LogP contribution in [0.3, 0.4) is 0 Å². The van der Waals surface area contributed by atoms with Crippen molar-refractivity contribution in [3.63, 3.8) is 0 Å². The largest absolute Gasteiger partial charge is 0.496 e. The van der Waals surface area contributed by atoms with Gasteiger partial charge in [0.25, 0.3) is 0 Å². The summed E-state index contributed by atoms with van der Waals surface area (Å²) in [6.45, 7) is 4.69. The molecule has 1 fully saturated rings. The molecule has 1 aromatic rings. The van der Waals surface area contributed by atoms with Gasteiger partial charge in [0, 0.05) is 23.7 Å². The van der Waals surface area contributed by atoms with E-state index in [4.69, 9.17) is 9.47 Å². The van der Waals surface area contributed by atoms with Crippen LogP contribution in [0, 0.1) is 5.92 Å². The summed E-state index contributed by atoms with van der Waals surface area (Å²) < 4.78 is 11.0. The van der Waals surface area contributed by atoms with Gasteiger partial charge in [-0.25, -0.2) is 0 Å². The third-order valence-corrected chi connectivity index (χ3v) is 4.05. The van der Waals surface area contributed by atoms with E-state index in [9.17, 15) is 9.90 Å². The van der Waals surface area contributed by atoms with Crippen LogP contribution in [0.15, 0.2) is 12.1 Å². The van der Waals surface area contributed by atoms with Crippen molar-refractivity contribution in [3.05, 3.63) is 23.3 Å². The summed E-state index contributed by atoms with van der Waals surface area (Å²) in [6, 6.07) is 3.77. The number of ether oxygens (including phenoxy) is 2. The molecule has 0 amide bonds. The highest BCUT2D eigenvalue weighted by Gasteiger charge is 2.34. The minimum atomic E-state index is -0.752. The number of carboxylic acid groups (broad SMARTS) is 1. The second-order valence-corrected chi connectivity index (χ2v) is 5.68. The number of benzene rings is 1. The first-order chi connectivity index (χ1) is 9.99. The molecule has 0 spiro atoms. The summed E-state index contributed by atoms with van der Waals surface area (Å²) in [6.07, 6.45) is 0.568. The van der Waals surface area contributed by atoms with Crippen LogP contribution in [0.25, 0.3) is 0 Å². The summed E-state index contributed by atoms with van der Waals surface area (Å²) in [4.78, 5) is 11.2. The Morgan fingerprint density at radius 1 is 1.29 bits per heavy atom. The van der Waals surface area contributed by atoms with E-state index in [1.165, 1.54) is 0 Å². The van der Waals surface area contributed by atoms with E-state index < -0.39 is 5.97 Å². The SMILES string of the molecule is COc1ccc(OC)c(C2CC(C(=O)O)CN2)c1C(C)C. The van der Waals surface area contributed by atoms with E-state index in [1.54, 1.807) is 14.2 Å². The van der Waals surface area contributed by atoms with Crippen LogP contribution >= 0.6 is 0 Å². The van der Waals surface area contributed by atoms with Crippen LogP contribution in [-0.2, 0) is 4.79 Å². The monoisotopic (exact) mass is 293 g/mol. The fraction of sp³-hybridized carbons (Fsp3) is 0.562. The average Bonchev–Trinajstić information content (AvgIpc) is 2.95. The molecule has 5 nitrogen and oxygen atoms in total. The lowest BCUT2D eigenvalue weighted by Crippen LogP contribution is -2.18. The number of rotatable bonds is 5. The predicted octanol–water partition coefficient (Wildman–Crippen LogP) is 2.56. The standard InChI is InChI=1S/C16H23NO4/c1-9(2)14-12(20-3)5-6-13(21-4)15(14)11-7-10(8-17-11)16(18)19/h5-6,9-11,17H,7-8H2,1-4H3,(H,18,19). The van der Waals surface area contributed by atoms with E-state index in [0.717, 1.165) is 22.6 Å². The van der Waals surface area contributed by atoms with Crippen molar-refractivity contribution in [3.8, 4) is 11.5 Å². The van der Waals surface area contributed by atoms with Gasteiger partial charge in [0.15, 0.2) is 0 Å². The van der Waals surface area contributed by atoms with Gasteiger partial charge < -0.3 is 19.9 Å². The Bertz CT molecular complexity index is 527. The lowest BCUT2D eigenvalue weighted by molar-refractivity contribution is -0.141. The normalized spacial score (nSPS) is 21.6. The zero-order valence-corrected chi connectivity index (χ0v) is 13.0. The highest BCUT2D eigenvalue weighted by atomic mass is 16.5. The molecule has 1 aromatic carbocycles. The smallest absolute Gasteiger partial charge is 0.307 e. The van der Waals surface area contributed by atoms with Crippen LogP contribution in [-0.4, -0.2) is 31.8 Å². The van der Waals surface area contributed by atoms with Crippen LogP contribution in [0.1, 0.15) is 43.4 Å². The van der Waals surface area contributed by atoms with E-state index in [0.29, 0.717) is 13.0 Å². The Morgan fingerprint density at radius 3 is 2.38 bits per heavy atom. The van der Waals surface area contributed by atoms with Gasteiger partial charge in [-0.05, 0) is 24.5 Å². The third kappa shape index (κ3) is 2.97. The van der Waals surface area contributed by atoms with E-state index >= 15 is 0 Å². The number of carbonyl (C=O) groups is 1. The van der Waals surface area contributed by atoms with Crippen molar-refractivity contribution in [2.45, 2.75) is 32.2 Å². The van der Waals surface area contributed by atoms with Crippen molar-refractivity contribution in [1.82, 2.24) is 5.32 Å². The van der Waals surface area contributed by atoms with E-state index in [2.05, 4.69) is 19.2 Å². The van der Waals surface area contributed by atoms with Crippen molar-refractivity contribution >= 4 is 5.97 Å². The highest BCUT2D eigenvalue weighted by Crippen LogP contribution is 2.42. The molecule has 1 saturated heterocycles. The third-order valence-electron chi connectivity index (χ3n) is 4.05. The second-order valence-electron chi connectivity index (χ2n) is 5.68. The number of nitrogens with one attached hydrogen (secondary N) is 1. The molecule has 2 rings (SSSR count). The molecule has 2 unspecified atom stereocenters. The van der Waals surface area contributed by atoms with E-state index in [-0.39, 0.29) is 17.9 Å². The van der Waals surface area contributed by atoms with Gasteiger partial charge in [-0.2, -0.15) is 0 Å². The Morgan fingerprint density at radius 2 is 1.90 bits per heavy atom. The Labute approximate surface area is 125 Å². The summed E-state index contributed by atoms with van der Waals surface area (Å²) >= 11 is 0. The maximum Gasteiger partial charge on any atom is 0.307 e. The first kappa shape index (κ1) is 15.6. The Balaban J connectivity index is 2.48. The topological polar surface area (TPSA) is 67.8 Å². The molecule has 1 aliphatic heterocycles. The van der Waals surface area contributed by atoms with Gasteiger partial charge >= 0.3 is 5.97 Å². The minimum Gasteiger partial charge on any atom is -0.496 e. The predicted molar refractivity (Wildman–Crippen MR) is 80.1 cm³/mol. The van der Waals surface area contributed by atoms with Gasteiger partial charge in [0.1, 0.15) is 11.5 Å². The highest BCUT2D eigenvalue weighted by molar-refractivity contribution is 5.71. The van der Waals surface area contributed by atoms with Crippen molar-refractivity contribution in [2.24, 2.45) is 5.92 Å². The summed E-state index contributed by atoms with van der Waals surface area (Å²) in [5.74, 6) is 0.754. The maximum atomic E-state index is 11.2. The van der Waals surface area contributed by atoms with Gasteiger partial charge in [0.05, 0.1) is 20.1 Å². The molecule has 0 aliphatic carbocycles. The maximum absolute atomic E-state index is 11.2. The Hall–Kier alpha value is -1.75. The zero-order valence-electron chi connectivity index (χ0n) is 13.0. The zero-order chi connectivity index (χ0) is 15.6. The molecule has 0 aromatic heterocycles. The van der Waals surface area contributed by atoms with Crippen LogP contribution in [0.2, 0.25) is 0 Å². The second kappa shape index (κ2) is 6.35. The van der Waals surface area contributed by atoms with Gasteiger partial charge in [-0.15, -0.1) is 0 Å².